The van der Waals surface area contributed by atoms with Gasteiger partial charge >= 0.3 is 0 Å². The number of hydrogen-bond donors (Lipinski definition) is 0. The Hall–Kier alpha value is -7.18. The molecule has 0 atom stereocenters. The first kappa shape index (κ1) is 28.6. The molecule has 0 spiro atoms. The van der Waals surface area contributed by atoms with Gasteiger partial charge in [-0.1, -0.05) is 115 Å². The quantitative estimate of drug-likeness (QED) is 0.187. The van der Waals surface area contributed by atoms with Crippen LogP contribution in [-0.2, 0) is 0 Å². The molecule has 0 aliphatic carbocycles. The summed E-state index contributed by atoms with van der Waals surface area (Å²) in [5.74, 6) is 1.75. The second kappa shape index (κ2) is 11.2. The molecule has 7 aromatic carbocycles. The summed E-state index contributed by atoms with van der Waals surface area (Å²) in [6.45, 7) is 0. The maximum Gasteiger partial charge on any atom is 0.167 e. The van der Waals surface area contributed by atoms with Crippen LogP contribution >= 0.6 is 0 Å². The molecule has 4 aromatic heterocycles. The lowest BCUT2D eigenvalue weighted by molar-refractivity contribution is 0.667. The van der Waals surface area contributed by atoms with Crippen LogP contribution in [0.15, 0.2) is 168 Å². The summed E-state index contributed by atoms with van der Waals surface area (Å²) in [7, 11) is 0. The lowest BCUT2D eigenvalue weighted by Gasteiger charge is -2.10. The molecule has 6 nitrogen and oxygen atoms in total. The number of rotatable bonds is 4. The highest BCUT2D eigenvalue weighted by Crippen LogP contribution is 2.40. The number of nitrogens with zero attached hydrogens (tertiary/aromatic N) is 5. The van der Waals surface area contributed by atoms with Gasteiger partial charge in [0.2, 0.25) is 0 Å². The lowest BCUT2D eigenvalue weighted by Crippen LogP contribution is -2.00. The van der Waals surface area contributed by atoms with Gasteiger partial charge in [0.1, 0.15) is 11.2 Å². The zero-order valence-electron chi connectivity index (χ0n) is 27.7. The molecule has 0 bridgehead atoms. The summed E-state index contributed by atoms with van der Waals surface area (Å²) in [4.78, 5) is 20.2. The van der Waals surface area contributed by atoms with E-state index in [0.29, 0.717) is 17.5 Å². The van der Waals surface area contributed by atoms with Crippen LogP contribution < -0.4 is 0 Å². The largest absolute Gasteiger partial charge is 0.453 e. The molecule has 0 amide bonds. The van der Waals surface area contributed by atoms with Gasteiger partial charge in [-0.15, -0.1) is 0 Å². The maximum absolute atomic E-state index is 6.95. The molecule has 242 valence electrons. The van der Waals surface area contributed by atoms with Crippen molar-refractivity contribution in [1.29, 1.82) is 0 Å². The molecule has 11 rings (SSSR count). The molecule has 0 aliphatic rings. The van der Waals surface area contributed by atoms with Crippen molar-refractivity contribution in [3.63, 3.8) is 0 Å². The summed E-state index contributed by atoms with van der Waals surface area (Å²) in [6, 6.07) is 54.4. The number of furan rings is 1. The van der Waals surface area contributed by atoms with E-state index < -0.39 is 0 Å². The number of aromatic nitrogens is 5. The van der Waals surface area contributed by atoms with Crippen LogP contribution in [0.5, 0.6) is 0 Å². The SMILES string of the molecule is c1ccc2cc(-c3nc(-c4ccc5ccccc5c4)nc(-c4cccc5c4oc4c(-n6c7ccccc7c7cccnc76)cccc45)n3)ccc2c1. The van der Waals surface area contributed by atoms with Gasteiger partial charge in [0.25, 0.3) is 0 Å². The summed E-state index contributed by atoms with van der Waals surface area (Å²) >= 11 is 0. The van der Waals surface area contributed by atoms with E-state index in [4.69, 9.17) is 24.4 Å². The molecule has 4 heterocycles. The van der Waals surface area contributed by atoms with Crippen molar-refractivity contribution in [3.8, 4) is 39.9 Å². The maximum atomic E-state index is 6.95. The Balaban J connectivity index is 1.16. The van der Waals surface area contributed by atoms with Crippen molar-refractivity contribution in [3.05, 3.63) is 164 Å². The fourth-order valence-corrected chi connectivity index (χ4v) is 7.61. The summed E-state index contributed by atoms with van der Waals surface area (Å²) in [6.07, 6.45) is 1.84. The van der Waals surface area contributed by atoms with Crippen LogP contribution in [0.4, 0.5) is 0 Å². The molecule has 6 heteroatoms. The summed E-state index contributed by atoms with van der Waals surface area (Å²) in [5.41, 5.74) is 7.01. The highest BCUT2D eigenvalue weighted by atomic mass is 16.3. The molecule has 11 aromatic rings. The highest BCUT2D eigenvalue weighted by molar-refractivity contribution is 6.13. The normalized spacial score (nSPS) is 11.8. The Morgan fingerprint density at radius 3 is 1.73 bits per heavy atom. The van der Waals surface area contributed by atoms with Crippen molar-refractivity contribution in [1.82, 2.24) is 24.5 Å². The number of para-hydroxylation sites is 3. The van der Waals surface area contributed by atoms with Crippen molar-refractivity contribution in [2.45, 2.75) is 0 Å². The fraction of sp³-hybridized carbons (Fsp3) is 0. The minimum Gasteiger partial charge on any atom is -0.453 e. The molecular weight excluding hydrogens is 639 g/mol. The second-order valence-electron chi connectivity index (χ2n) is 13.1. The van der Waals surface area contributed by atoms with E-state index in [2.05, 4.69) is 150 Å². The standard InChI is InChI=1S/C46H27N5O/c1-3-12-30-26-32(23-21-28(30)10-1)43-48-44(33-24-22-29-11-2-4-13-31(29)27-33)50-45(49-43)38-17-7-15-35-36-16-8-20-40(42(36)52-41(35)38)51-39-19-6-5-14-34(39)37-18-9-25-47-46(37)51/h1-27H. The zero-order chi connectivity index (χ0) is 34.2. The molecule has 0 radical (unpaired) electrons. The lowest BCUT2D eigenvalue weighted by atomic mass is 10.0. The first-order valence-electron chi connectivity index (χ1n) is 17.3. The number of benzene rings is 7. The predicted molar refractivity (Wildman–Crippen MR) is 211 cm³/mol. The minimum absolute atomic E-state index is 0.547. The average Bonchev–Trinajstić information content (AvgIpc) is 3.76. The van der Waals surface area contributed by atoms with Gasteiger partial charge in [-0.25, -0.2) is 19.9 Å². The van der Waals surface area contributed by atoms with Gasteiger partial charge in [-0.3, -0.25) is 4.57 Å². The van der Waals surface area contributed by atoms with Crippen LogP contribution in [0.2, 0.25) is 0 Å². The molecule has 0 unspecified atom stereocenters. The summed E-state index contributed by atoms with van der Waals surface area (Å²) in [5, 5.41) is 8.82. The van der Waals surface area contributed by atoms with E-state index in [1.54, 1.807) is 0 Å². The van der Waals surface area contributed by atoms with Gasteiger partial charge in [0.05, 0.1) is 16.8 Å². The summed E-state index contributed by atoms with van der Waals surface area (Å²) < 4.78 is 9.15. The third-order valence-electron chi connectivity index (χ3n) is 10.1. The van der Waals surface area contributed by atoms with Gasteiger partial charge < -0.3 is 4.42 Å². The molecule has 0 fully saturated rings. The van der Waals surface area contributed by atoms with Gasteiger partial charge in [0, 0.05) is 38.9 Å². The third kappa shape index (κ3) is 4.38. The Bertz CT molecular complexity index is 3060. The number of hydrogen-bond acceptors (Lipinski definition) is 5. The Kier molecular flexibility index (Phi) is 6.15. The highest BCUT2D eigenvalue weighted by Gasteiger charge is 2.21. The van der Waals surface area contributed by atoms with Crippen LogP contribution in [0.25, 0.3) is 105 Å². The molecule has 0 saturated heterocycles. The van der Waals surface area contributed by atoms with Crippen LogP contribution in [0, 0.1) is 0 Å². The predicted octanol–water partition coefficient (Wildman–Crippen LogP) is 11.6. The first-order valence-corrected chi connectivity index (χ1v) is 17.3. The van der Waals surface area contributed by atoms with E-state index in [9.17, 15) is 0 Å². The topological polar surface area (TPSA) is 69.6 Å². The fourth-order valence-electron chi connectivity index (χ4n) is 7.61. The van der Waals surface area contributed by atoms with Crippen LogP contribution in [-0.4, -0.2) is 24.5 Å². The first-order chi connectivity index (χ1) is 25.8. The second-order valence-corrected chi connectivity index (χ2v) is 13.1. The third-order valence-corrected chi connectivity index (χ3v) is 10.1. The van der Waals surface area contributed by atoms with Gasteiger partial charge in [-0.05, 0) is 64.0 Å². The average molecular weight is 666 g/mol. The number of pyridine rings is 1. The molecule has 0 saturated carbocycles. The molecule has 0 aliphatic heterocycles. The van der Waals surface area contributed by atoms with Crippen LogP contribution in [0.1, 0.15) is 0 Å². The monoisotopic (exact) mass is 665 g/mol. The van der Waals surface area contributed by atoms with E-state index in [-0.39, 0.29) is 0 Å². The Labute approximate surface area is 297 Å². The molecular formula is C46H27N5O. The van der Waals surface area contributed by atoms with E-state index in [1.165, 1.54) is 0 Å². The van der Waals surface area contributed by atoms with E-state index in [1.807, 2.05) is 18.3 Å². The van der Waals surface area contributed by atoms with Gasteiger partial charge in [0.15, 0.2) is 23.1 Å². The van der Waals surface area contributed by atoms with Gasteiger partial charge in [-0.2, -0.15) is 0 Å². The zero-order valence-corrected chi connectivity index (χ0v) is 27.7. The van der Waals surface area contributed by atoms with E-state index in [0.717, 1.165) is 87.8 Å². The smallest absolute Gasteiger partial charge is 0.167 e. The Morgan fingerprint density at radius 1 is 0.423 bits per heavy atom. The Morgan fingerprint density at radius 2 is 1.00 bits per heavy atom. The van der Waals surface area contributed by atoms with Crippen LogP contribution in [0.3, 0.4) is 0 Å². The van der Waals surface area contributed by atoms with Crippen molar-refractivity contribution in [2.75, 3.05) is 0 Å². The van der Waals surface area contributed by atoms with Crippen molar-refractivity contribution in [2.24, 2.45) is 0 Å². The van der Waals surface area contributed by atoms with Crippen molar-refractivity contribution >= 4 is 65.4 Å². The van der Waals surface area contributed by atoms with Crippen molar-refractivity contribution < 1.29 is 4.42 Å². The minimum atomic E-state index is 0.547. The van der Waals surface area contributed by atoms with E-state index >= 15 is 0 Å². The molecule has 52 heavy (non-hydrogen) atoms. The molecule has 0 N–H and O–H groups in total. The number of fused-ring (bicyclic) bond motifs is 8.